The molecular weight excluding hydrogens is 295 g/mol. The second-order valence-corrected chi connectivity index (χ2v) is 4.85. The van der Waals surface area contributed by atoms with E-state index in [0.717, 1.165) is 5.39 Å². The van der Waals surface area contributed by atoms with Gasteiger partial charge in [0.25, 0.3) is 0 Å². The fourth-order valence-electron chi connectivity index (χ4n) is 2.08. The highest BCUT2D eigenvalue weighted by Crippen LogP contribution is 2.28. The number of hydrogen-bond acceptors (Lipinski definition) is 3. The third kappa shape index (κ3) is 2.38. The molecule has 0 N–H and O–H groups in total. The summed E-state index contributed by atoms with van der Waals surface area (Å²) in [6.45, 7) is 0. The molecule has 0 amide bonds. The Morgan fingerprint density at radius 2 is 2.05 bits per heavy atom. The van der Waals surface area contributed by atoms with E-state index in [-0.39, 0.29) is 22.9 Å². The van der Waals surface area contributed by atoms with Gasteiger partial charge in [0.05, 0.1) is 12.1 Å². The molecule has 0 fully saturated rings. The number of ketones is 1. The molecule has 106 valence electrons. The molecule has 0 atom stereocenters. The van der Waals surface area contributed by atoms with Gasteiger partial charge in [0.15, 0.2) is 22.9 Å². The second kappa shape index (κ2) is 5.22. The van der Waals surface area contributed by atoms with Crippen LogP contribution in [0.1, 0.15) is 16.1 Å². The molecular formula is C16H10ClFO3. The highest BCUT2D eigenvalue weighted by molar-refractivity contribution is 6.35. The van der Waals surface area contributed by atoms with Gasteiger partial charge in [-0.05, 0) is 30.3 Å². The molecule has 0 radical (unpaired) electrons. The lowest BCUT2D eigenvalue weighted by molar-refractivity contribution is 0.101. The molecule has 0 aliphatic heterocycles. The largest absolute Gasteiger partial charge is 0.494 e. The van der Waals surface area contributed by atoms with Crippen LogP contribution >= 0.6 is 11.6 Å². The van der Waals surface area contributed by atoms with Crippen molar-refractivity contribution in [1.29, 1.82) is 0 Å². The quantitative estimate of drug-likeness (QED) is 0.670. The Labute approximate surface area is 124 Å². The van der Waals surface area contributed by atoms with Crippen LogP contribution in [0.2, 0.25) is 5.02 Å². The molecule has 0 saturated heterocycles. The standard InChI is InChI=1S/C16H10ClFO3/c1-20-13-7-9(5-6-12(13)18)15(19)14-8-10-3-2-4-11(17)16(10)21-14/h2-8H,1H3. The predicted octanol–water partition coefficient (Wildman–Crippen LogP) is 4.46. The van der Waals surface area contributed by atoms with E-state index >= 15 is 0 Å². The van der Waals surface area contributed by atoms with E-state index in [4.69, 9.17) is 20.8 Å². The minimum Gasteiger partial charge on any atom is -0.494 e. The minimum atomic E-state index is -0.526. The number of methoxy groups -OCH3 is 1. The zero-order valence-electron chi connectivity index (χ0n) is 11.0. The number of carbonyl (C=O) groups excluding carboxylic acids is 1. The lowest BCUT2D eigenvalue weighted by Crippen LogP contribution is -2.01. The number of furan rings is 1. The molecule has 21 heavy (non-hydrogen) atoms. The van der Waals surface area contributed by atoms with E-state index in [1.165, 1.54) is 25.3 Å². The lowest BCUT2D eigenvalue weighted by Gasteiger charge is -2.03. The highest BCUT2D eigenvalue weighted by atomic mass is 35.5. The van der Waals surface area contributed by atoms with Crippen molar-refractivity contribution in [3.63, 3.8) is 0 Å². The number of carbonyl (C=O) groups is 1. The maximum Gasteiger partial charge on any atom is 0.228 e. The normalized spacial score (nSPS) is 10.8. The fourth-order valence-corrected chi connectivity index (χ4v) is 2.30. The Kier molecular flexibility index (Phi) is 3.39. The number of fused-ring (bicyclic) bond motifs is 1. The average molecular weight is 305 g/mol. The van der Waals surface area contributed by atoms with Gasteiger partial charge in [0, 0.05) is 10.9 Å². The van der Waals surface area contributed by atoms with E-state index in [1.807, 2.05) is 0 Å². The van der Waals surface area contributed by atoms with Gasteiger partial charge >= 0.3 is 0 Å². The topological polar surface area (TPSA) is 39.4 Å². The second-order valence-electron chi connectivity index (χ2n) is 4.45. The minimum absolute atomic E-state index is 0.00925. The van der Waals surface area contributed by atoms with Crippen LogP contribution in [-0.2, 0) is 0 Å². The number of rotatable bonds is 3. The summed E-state index contributed by atoms with van der Waals surface area (Å²) in [4.78, 5) is 12.4. The van der Waals surface area contributed by atoms with Crippen molar-refractivity contribution in [3.8, 4) is 5.75 Å². The Hall–Kier alpha value is -2.33. The zero-order chi connectivity index (χ0) is 15.0. The van der Waals surface area contributed by atoms with Gasteiger partial charge < -0.3 is 9.15 Å². The van der Waals surface area contributed by atoms with Crippen molar-refractivity contribution in [1.82, 2.24) is 0 Å². The molecule has 3 aromatic rings. The molecule has 0 aliphatic rings. The number of ether oxygens (including phenoxy) is 1. The van der Waals surface area contributed by atoms with E-state index in [0.29, 0.717) is 10.6 Å². The summed E-state index contributed by atoms with van der Waals surface area (Å²) in [5.41, 5.74) is 0.736. The molecule has 0 aliphatic carbocycles. The molecule has 3 nitrogen and oxygen atoms in total. The fraction of sp³-hybridized carbons (Fsp3) is 0.0625. The van der Waals surface area contributed by atoms with Crippen molar-refractivity contribution < 1.29 is 18.3 Å². The number of para-hydroxylation sites is 1. The first-order valence-electron chi connectivity index (χ1n) is 6.16. The zero-order valence-corrected chi connectivity index (χ0v) is 11.8. The van der Waals surface area contributed by atoms with Gasteiger partial charge in [-0.15, -0.1) is 0 Å². The summed E-state index contributed by atoms with van der Waals surface area (Å²) in [5.74, 6) is -0.732. The third-order valence-corrected chi connectivity index (χ3v) is 3.43. The first-order valence-corrected chi connectivity index (χ1v) is 6.54. The van der Waals surface area contributed by atoms with Gasteiger partial charge in [-0.2, -0.15) is 0 Å². The molecule has 1 aromatic heterocycles. The number of benzene rings is 2. The molecule has 0 spiro atoms. The molecule has 0 unspecified atom stereocenters. The summed E-state index contributed by atoms with van der Waals surface area (Å²) in [7, 11) is 1.34. The maximum atomic E-state index is 13.4. The first kappa shape index (κ1) is 13.6. The molecule has 0 saturated carbocycles. The van der Waals surface area contributed by atoms with Crippen LogP contribution in [0.5, 0.6) is 5.75 Å². The molecule has 5 heteroatoms. The van der Waals surface area contributed by atoms with Gasteiger partial charge in [0.2, 0.25) is 5.78 Å². The summed E-state index contributed by atoms with van der Waals surface area (Å²) in [6.07, 6.45) is 0. The number of halogens is 2. The third-order valence-electron chi connectivity index (χ3n) is 3.13. The number of hydrogen-bond donors (Lipinski definition) is 0. The van der Waals surface area contributed by atoms with E-state index in [2.05, 4.69) is 0 Å². The van der Waals surface area contributed by atoms with Crippen molar-refractivity contribution in [3.05, 3.63) is 64.6 Å². The summed E-state index contributed by atoms with van der Waals surface area (Å²) >= 11 is 6.01. The van der Waals surface area contributed by atoms with Crippen LogP contribution in [0, 0.1) is 5.82 Å². The molecule has 2 aromatic carbocycles. The molecule has 0 bridgehead atoms. The maximum absolute atomic E-state index is 13.4. The monoisotopic (exact) mass is 304 g/mol. The first-order chi connectivity index (χ1) is 10.1. The summed E-state index contributed by atoms with van der Waals surface area (Å²) in [5, 5.41) is 1.17. The Balaban J connectivity index is 2.06. The van der Waals surface area contributed by atoms with Crippen LogP contribution in [0.25, 0.3) is 11.0 Å². The summed E-state index contributed by atoms with van der Waals surface area (Å²) in [6, 6.07) is 10.8. The molecule has 3 rings (SSSR count). The van der Waals surface area contributed by atoms with Crippen molar-refractivity contribution >= 4 is 28.4 Å². The van der Waals surface area contributed by atoms with Gasteiger partial charge in [0.1, 0.15) is 0 Å². The Bertz CT molecular complexity index is 839. The summed E-state index contributed by atoms with van der Waals surface area (Å²) < 4.78 is 23.8. The van der Waals surface area contributed by atoms with Gasteiger partial charge in [-0.3, -0.25) is 4.79 Å². The van der Waals surface area contributed by atoms with Gasteiger partial charge in [-0.25, -0.2) is 4.39 Å². The lowest BCUT2D eigenvalue weighted by atomic mass is 10.1. The Morgan fingerprint density at radius 1 is 1.24 bits per heavy atom. The van der Waals surface area contributed by atoms with Gasteiger partial charge in [-0.1, -0.05) is 23.7 Å². The van der Waals surface area contributed by atoms with E-state index in [9.17, 15) is 9.18 Å². The molecule has 1 heterocycles. The van der Waals surface area contributed by atoms with E-state index < -0.39 is 5.82 Å². The smallest absolute Gasteiger partial charge is 0.228 e. The predicted molar refractivity (Wildman–Crippen MR) is 77.6 cm³/mol. The van der Waals surface area contributed by atoms with Crippen LogP contribution in [-0.4, -0.2) is 12.9 Å². The average Bonchev–Trinajstić information content (AvgIpc) is 2.92. The van der Waals surface area contributed by atoms with E-state index in [1.54, 1.807) is 24.3 Å². The van der Waals surface area contributed by atoms with Crippen LogP contribution < -0.4 is 4.74 Å². The van der Waals surface area contributed by atoms with Crippen molar-refractivity contribution in [2.75, 3.05) is 7.11 Å². The highest BCUT2D eigenvalue weighted by Gasteiger charge is 2.17. The van der Waals surface area contributed by atoms with Crippen molar-refractivity contribution in [2.45, 2.75) is 0 Å². The van der Waals surface area contributed by atoms with Crippen molar-refractivity contribution in [2.24, 2.45) is 0 Å². The van der Waals surface area contributed by atoms with Crippen LogP contribution in [0.4, 0.5) is 4.39 Å². The Morgan fingerprint density at radius 3 is 2.76 bits per heavy atom. The van der Waals surface area contributed by atoms with Crippen LogP contribution in [0.3, 0.4) is 0 Å². The SMILES string of the molecule is COc1cc(C(=O)c2cc3cccc(Cl)c3o2)ccc1F. The van der Waals surface area contributed by atoms with Crippen LogP contribution in [0.15, 0.2) is 46.9 Å².